The Labute approximate surface area is 123 Å². The monoisotopic (exact) mass is 285 g/mol. The Hall–Kier alpha value is -1.06. The van der Waals surface area contributed by atoms with Crippen molar-refractivity contribution in [2.24, 2.45) is 5.92 Å². The molecule has 0 bridgehead atoms. The second kappa shape index (κ2) is 12.9. The van der Waals surface area contributed by atoms with E-state index in [0.717, 1.165) is 44.9 Å². The summed E-state index contributed by atoms with van der Waals surface area (Å²) in [4.78, 5) is 21.8. The number of hydrogen-bond acceptors (Lipinski definition) is 2. The fraction of sp³-hybridized carbons (Fsp3) is 0.875. The maximum absolute atomic E-state index is 11.2. The van der Waals surface area contributed by atoms with Crippen LogP contribution in [0, 0.1) is 5.92 Å². The molecule has 0 fully saturated rings. The van der Waals surface area contributed by atoms with Crippen LogP contribution in [0.5, 0.6) is 0 Å². The standard InChI is InChI=1S/C16H31NO3/c1-3-4-5-6-8-11-15(16(19)20)12-9-7-10-13-17-14(2)18/h15H,3-13H2,1-2H3,(H,17,18)(H,19,20). The van der Waals surface area contributed by atoms with Crippen LogP contribution in [0.1, 0.15) is 78.1 Å². The fourth-order valence-corrected chi connectivity index (χ4v) is 2.34. The number of carboxylic acid groups (broad SMARTS) is 1. The van der Waals surface area contributed by atoms with E-state index in [1.165, 1.54) is 26.2 Å². The van der Waals surface area contributed by atoms with Crippen molar-refractivity contribution in [2.75, 3.05) is 6.54 Å². The lowest BCUT2D eigenvalue weighted by molar-refractivity contribution is -0.142. The van der Waals surface area contributed by atoms with Crippen molar-refractivity contribution in [1.82, 2.24) is 5.32 Å². The van der Waals surface area contributed by atoms with E-state index in [9.17, 15) is 14.7 Å². The highest BCUT2D eigenvalue weighted by molar-refractivity contribution is 5.72. The van der Waals surface area contributed by atoms with Gasteiger partial charge >= 0.3 is 5.97 Å². The van der Waals surface area contributed by atoms with E-state index in [4.69, 9.17) is 0 Å². The summed E-state index contributed by atoms with van der Waals surface area (Å²) >= 11 is 0. The first kappa shape index (κ1) is 18.9. The first-order valence-corrected chi connectivity index (χ1v) is 8.05. The van der Waals surface area contributed by atoms with Gasteiger partial charge in [-0.15, -0.1) is 0 Å². The Kier molecular flexibility index (Phi) is 12.3. The highest BCUT2D eigenvalue weighted by Crippen LogP contribution is 2.18. The largest absolute Gasteiger partial charge is 0.481 e. The predicted molar refractivity (Wildman–Crippen MR) is 81.7 cm³/mol. The molecular formula is C16H31NO3. The van der Waals surface area contributed by atoms with Crippen molar-refractivity contribution < 1.29 is 14.7 Å². The van der Waals surface area contributed by atoms with E-state index in [-0.39, 0.29) is 11.8 Å². The number of nitrogens with one attached hydrogen (secondary N) is 1. The third-order valence-corrected chi connectivity index (χ3v) is 3.61. The lowest BCUT2D eigenvalue weighted by Gasteiger charge is -2.12. The van der Waals surface area contributed by atoms with Crippen LogP contribution in [0.15, 0.2) is 0 Å². The number of rotatable bonds is 13. The average Bonchev–Trinajstić information content (AvgIpc) is 2.39. The highest BCUT2D eigenvalue weighted by Gasteiger charge is 2.16. The normalized spacial score (nSPS) is 12.1. The number of amides is 1. The summed E-state index contributed by atoms with van der Waals surface area (Å²) in [5.74, 6) is -0.833. The van der Waals surface area contributed by atoms with Gasteiger partial charge in [-0.25, -0.2) is 0 Å². The van der Waals surface area contributed by atoms with E-state index in [1.54, 1.807) is 0 Å². The molecule has 0 aliphatic rings. The van der Waals surface area contributed by atoms with Crippen molar-refractivity contribution in [1.29, 1.82) is 0 Å². The third-order valence-electron chi connectivity index (χ3n) is 3.61. The lowest BCUT2D eigenvalue weighted by Crippen LogP contribution is -2.20. The molecule has 2 N–H and O–H groups in total. The summed E-state index contributed by atoms with van der Waals surface area (Å²) in [6.07, 6.45) is 10.3. The van der Waals surface area contributed by atoms with Crippen LogP contribution in [0.2, 0.25) is 0 Å². The molecule has 0 heterocycles. The van der Waals surface area contributed by atoms with Gasteiger partial charge in [0.1, 0.15) is 0 Å². The Morgan fingerprint density at radius 1 is 0.950 bits per heavy atom. The van der Waals surface area contributed by atoms with Gasteiger partial charge in [0.05, 0.1) is 5.92 Å². The van der Waals surface area contributed by atoms with Crippen LogP contribution >= 0.6 is 0 Å². The number of carboxylic acids is 1. The van der Waals surface area contributed by atoms with Gasteiger partial charge in [-0.2, -0.15) is 0 Å². The van der Waals surface area contributed by atoms with Gasteiger partial charge < -0.3 is 10.4 Å². The number of unbranched alkanes of at least 4 members (excludes halogenated alkanes) is 6. The molecule has 0 spiro atoms. The number of aliphatic carboxylic acids is 1. The minimum Gasteiger partial charge on any atom is -0.481 e. The summed E-state index contributed by atoms with van der Waals surface area (Å²) in [7, 11) is 0. The van der Waals surface area contributed by atoms with E-state index >= 15 is 0 Å². The fourth-order valence-electron chi connectivity index (χ4n) is 2.34. The summed E-state index contributed by atoms with van der Waals surface area (Å²) in [5, 5.41) is 11.9. The van der Waals surface area contributed by atoms with Crippen molar-refractivity contribution in [3.8, 4) is 0 Å². The van der Waals surface area contributed by atoms with Crippen molar-refractivity contribution in [3.63, 3.8) is 0 Å². The first-order valence-electron chi connectivity index (χ1n) is 8.05. The zero-order valence-corrected chi connectivity index (χ0v) is 13.1. The molecule has 0 saturated heterocycles. The van der Waals surface area contributed by atoms with Crippen molar-refractivity contribution in [3.05, 3.63) is 0 Å². The van der Waals surface area contributed by atoms with Gasteiger partial charge in [-0.3, -0.25) is 9.59 Å². The van der Waals surface area contributed by atoms with E-state index in [0.29, 0.717) is 6.54 Å². The zero-order valence-electron chi connectivity index (χ0n) is 13.1. The van der Waals surface area contributed by atoms with Gasteiger partial charge in [-0.1, -0.05) is 51.9 Å². The van der Waals surface area contributed by atoms with E-state index in [2.05, 4.69) is 12.2 Å². The molecule has 1 unspecified atom stereocenters. The quantitative estimate of drug-likeness (QED) is 0.506. The van der Waals surface area contributed by atoms with Gasteiger partial charge in [0, 0.05) is 13.5 Å². The highest BCUT2D eigenvalue weighted by atomic mass is 16.4. The molecule has 4 heteroatoms. The zero-order chi connectivity index (χ0) is 15.2. The van der Waals surface area contributed by atoms with Gasteiger partial charge in [0.15, 0.2) is 0 Å². The Balaban J connectivity index is 3.59. The Bertz CT molecular complexity index is 266. The second-order valence-electron chi connectivity index (χ2n) is 5.57. The van der Waals surface area contributed by atoms with Crippen molar-refractivity contribution >= 4 is 11.9 Å². The Morgan fingerprint density at radius 3 is 2.00 bits per heavy atom. The van der Waals surface area contributed by atoms with Crippen LogP contribution in [-0.4, -0.2) is 23.5 Å². The number of carbonyl (C=O) groups excluding carboxylic acids is 1. The predicted octanol–water partition coefficient (Wildman–Crippen LogP) is 3.74. The summed E-state index contributed by atoms with van der Waals surface area (Å²) < 4.78 is 0. The number of carbonyl (C=O) groups is 2. The summed E-state index contributed by atoms with van der Waals surface area (Å²) in [5.41, 5.74) is 0. The molecule has 0 aliphatic carbocycles. The number of hydrogen-bond donors (Lipinski definition) is 2. The minimum absolute atomic E-state index is 0.000455. The minimum atomic E-state index is -0.651. The Morgan fingerprint density at radius 2 is 1.50 bits per heavy atom. The molecule has 0 aromatic carbocycles. The SMILES string of the molecule is CCCCCCCC(CCCCCNC(C)=O)C(=O)O. The summed E-state index contributed by atoms with van der Waals surface area (Å²) in [6.45, 7) is 4.39. The van der Waals surface area contributed by atoms with Gasteiger partial charge in [-0.05, 0) is 19.3 Å². The van der Waals surface area contributed by atoms with E-state index in [1.807, 2.05) is 0 Å². The maximum atomic E-state index is 11.2. The first-order chi connectivity index (χ1) is 9.57. The summed E-state index contributed by atoms with van der Waals surface area (Å²) in [6, 6.07) is 0. The second-order valence-corrected chi connectivity index (χ2v) is 5.57. The van der Waals surface area contributed by atoms with Crippen LogP contribution in [-0.2, 0) is 9.59 Å². The molecule has 1 amide bonds. The average molecular weight is 285 g/mol. The molecule has 0 aromatic heterocycles. The molecule has 4 nitrogen and oxygen atoms in total. The molecule has 0 aromatic rings. The molecule has 1 atom stereocenters. The topological polar surface area (TPSA) is 66.4 Å². The third kappa shape index (κ3) is 12.0. The smallest absolute Gasteiger partial charge is 0.306 e. The molecule has 0 saturated carbocycles. The van der Waals surface area contributed by atoms with E-state index < -0.39 is 5.97 Å². The maximum Gasteiger partial charge on any atom is 0.306 e. The van der Waals surface area contributed by atoms with Crippen LogP contribution in [0.25, 0.3) is 0 Å². The molecule has 0 aliphatic heterocycles. The van der Waals surface area contributed by atoms with Crippen LogP contribution in [0.4, 0.5) is 0 Å². The molecule has 20 heavy (non-hydrogen) atoms. The van der Waals surface area contributed by atoms with Crippen LogP contribution < -0.4 is 5.32 Å². The molecule has 0 rings (SSSR count). The molecule has 118 valence electrons. The lowest BCUT2D eigenvalue weighted by atomic mass is 9.95. The van der Waals surface area contributed by atoms with Crippen LogP contribution in [0.3, 0.4) is 0 Å². The van der Waals surface area contributed by atoms with Gasteiger partial charge in [0.25, 0.3) is 0 Å². The molecular weight excluding hydrogens is 254 g/mol. The van der Waals surface area contributed by atoms with Gasteiger partial charge in [0.2, 0.25) is 5.91 Å². The van der Waals surface area contributed by atoms with Crippen molar-refractivity contribution in [2.45, 2.75) is 78.1 Å². The molecule has 0 radical (unpaired) electrons.